The number of nitrogens with two attached hydrogens (primary N) is 1. The second-order valence-electron chi connectivity index (χ2n) is 6.82. The minimum atomic E-state index is -0.291. The average molecular weight is 389 g/mol. The Bertz CT molecular complexity index is 1070. The van der Waals surface area contributed by atoms with Crippen molar-refractivity contribution in [2.75, 3.05) is 5.73 Å². The molecule has 0 aliphatic carbocycles. The zero-order valence-electron chi connectivity index (χ0n) is 17.1. The van der Waals surface area contributed by atoms with Crippen molar-refractivity contribution in [3.05, 3.63) is 106 Å². The van der Waals surface area contributed by atoms with Gasteiger partial charge in [0.25, 0.3) is 11.5 Å². The van der Waals surface area contributed by atoms with E-state index in [-0.39, 0.29) is 18.0 Å². The SMILES string of the molecule is C=C/C=C\C(=C/C=C)c1cc(N)c(C)c(C(=O)NCc2c(C)cc(C)[nH]c2=O)c1. The molecule has 0 spiro atoms. The zero-order chi connectivity index (χ0) is 21.6. The minimum absolute atomic E-state index is 0.134. The number of nitrogens with one attached hydrogen (secondary N) is 2. The van der Waals surface area contributed by atoms with Crippen LogP contribution in [0.1, 0.15) is 38.3 Å². The van der Waals surface area contributed by atoms with E-state index >= 15 is 0 Å². The van der Waals surface area contributed by atoms with E-state index in [2.05, 4.69) is 23.5 Å². The topological polar surface area (TPSA) is 88.0 Å². The number of rotatable bonds is 7. The Morgan fingerprint density at radius 3 is 2.52 bits per heavy atom. The monoisotopic (exact) mass is 389 g/mol. The first-order chi connectivity index (χ1) is 13.8. The largest absolute Gasteiger partial charge is 0.398 e. The molecule has 0 unspecified atom stereocenters. The van der Waals surface area contributed by atoms with Gasteiger partial charge in [-0.25, -0.2) is 0 Å². The molecule has 1 aromatic heterocycles. The van der Waals surface area contributed by atoms with Gasteiger partial charge in [0.2, 0.25) is 0 Å². The predicted molar refractivity (Wildman–Crippen MR) is 121 cm³/mol. The number of amides is 1. The lowest BCUT2D eigenvalue weighted by atomic mass is 9.96. The molecule has 0 bridgehead atoms. The number of hydrogen-bond donors (Lipinski definition) is 3. The number of nitrogen functional groups attached to an aromatic ring is 1. The third-order valence-electron chi connectivity index (χ3n) is 4.65. The molecular weight excluding hydrogens is 362 g/mol. The Labute approximate surface area is 171 Å². The lowest BCUT2D eigenvalue weighted by Crippen LogP contribution is -2.28. The summed E-state index contributed by atoms with van der Waals surface area (Å²) in [6.45, 7) is 13.0. The molecule has 0 radical (unpaired) electrons. The van der Waals surface area contributed by atoms with Crippen LogP contribution in [-0.2, 0) is 6.54 Å². The lowest BCUT2D eigenvalue weighted by Gasteiger charge is -2.14. The van der Waals surface area contributed by atoms with Crippen LogP contribution in [0, 0.1) is 20.8 Å². The van der Waals surface area contributed by atoms with E-state index in [1.54, 1.807) is 31.2 Å². The van der Waals surface area contributed by atoms with Gasteiger partial charge in [0, 0.05) is 29.1 Å². The van der Waals surface area contributed by atoms with Gasteiger partial charge in [-0.3, -0.25) is 9.59 Å². The highest BCUT2D eigenvalue weighted by molar-refractivity contribution is 5.98. The normalized spacial score (nSPS) is 11.5. The van der Waals surface area contributed by atoms with E-state index in [0.717, 1.165) is 22.4 Å². The number of benzene rings is 1. The molecule has 29 heavy (non-hydrogen) atoms. The average Bonchev–Trinajstić information content (AvgIpc) is 2.66. The highest BCUT2D eigenvalue weighted by Gasteiger charge is 2.15. The van der Waals surface area contributed by atoms with Crippen LogP contribution in [0.5, 0.6) is 0 Å². The second-order valence-corrected chi connectivity index (χ2v) is 6.82. The molecule has 0 aliphatic rings. The van der Waals surface area contributed by atoms with Gasteiger partial charge in [-0.05, 0) is 61.2 Å². The number of pyridine rings is 1. The van der Waals surface area contributed by atoms with Gasteiger partial charge >= 0.3 is 0 Å². The number of aromatic amines is 1. The van der Waals surface area contributed by atoms with Crippen LogP contribution in [-0.4, -0.2) is 10.9 Å². The molecule has 4 N–H and O–H groups in total. The number of aromatic nitrogens is 1. The number of hydrogen-bond acceptors (Lipinski definition) is 3. The number of carbonyl (C=O) groups is 1. The Morgan fingerprint density at radius 1 is 1.17 bits per heavy atom. The van der Waals surface area contributed by atoms with Crippen molar-refractivity contribution in [2.24, 2.45) is 0 Å². The van der Waals surface area contributed by atoms with E-state index in [9.17, 15) is 9.59 Å². The summed E-state index contributed by atoms with van der Waals surface area (Å²) in [7, 11) is 0. The summed E-state index contributed by atoms with van der Waals surface area (Å²) in [6, 6.07) is 5.49. The summed E-state index contributed by atoms with van der Waals surface area (Å²) >= 11 is 0. The fourth-order valence-corrected chi connectivity index (χ4v) is 3.05. The summed E-state index contributed by atoms with van der Waals surface area (Å²) in [6.07, 6.45) is 8.85. The maximum Gasteiger partial charge on any atom is 0.253 e. The molecule has 1 amide bonds. The first-order valence-electron chi connectivity index (χ1n) is 9.28. The maximum absolute atomic E-state index is 12.9. The van der Waals surface area contributed by atoms with Gasteiger partial charge in [0.15, 0.2) is 0 Å². The van der Waals surface area contributed by atoms with Crippen molar-refractivity contribution in [3.63, 3.8) is 0 Å². The zero-order valence-corrected chi connectivity index (χ0v) is 17.1. The molecule has 0 saturated heterocycles. The number of allylic oxidation sites excluding steroid dienone is 6. The molecule has 5 nitrogen and oxygen atoms in total. The van der Waals surface area contributed by atoms with Crippen molar-refractivity contribution in [3.8, 4) is 0 Å². The highest BCUT2D eigenvalue weighted by atomic mass is 16.1. The van der Waals surface area contributed by atoms with Crippen LogP contribution in [0.2, 0.25) is 0 Å². The summed E-state index contributed by atoms with van der Waals surface area (Å²) in [5.74, 6) is -0.291. The summed E-state index contributed by atoms with van der Waals surface area (Å²) in [4.78, 5) is 27.8. The molecule has 150 valence electrons. The van der Waals surface area contributed by atoms with Crippen molar-refractivity contribution in [2.45, 2.75) is 27.3 Å². The Balaban J connectivity index is 2.37. The van der Waals surface area contributed by atoms with Crippen molar-refractivity contribution >= 4 is 17.2 Å². The molecule has 2 aromatic rings. The van der Waals surface area contributed by atoms with Crippen molar-refractivity contribution in [1.82, 2.24) is 10.3 Å². The number of carbonyl (C=O) groups excluding carboxylic acids is 1. The molecule has 1 heterocycles. The maximum atomic E-state index is 12.9. The Kier molecular flexibility index (Phi) is 7.15. The third kappa shape index (κ3) is 5.23. The number of aryl methyl sites for hydroxylation is 2. The summed E-state index contributed by atoms with van der Waals surface area (Å²) < 4.78 is 0. The quantitative estimate of drug-likeness (QED) is 0.491. The van der Waals surface area contributed by atoms with E-state index in [1.165, 1.54) is 0 Å². The Hall–Kier alpha value is -3.60. The van der Waals surface area contributed by atoms with E-state index in [4.69, 9.17) is 5.73 Å². The first kappa shape index (κ1) is 21.7. The van der Waals surface area contributed by atoms with E-state index < -0.39 is 0 Å². The Morgan fingerprint density at radius 2 is 1.90 bits per heavy atom. The number of anilines is 1. The fraction of sp³-hybridized carbons (Fsp3) is 0.167. The fourth-order valence-electron chi connectivity index (χ4n) is 3.05. The van der Waals surface area contributed by atoms with Gasteiger partial charge in [0.1, 0.15) is 0 Å². The number of H-pyrrole nitrogens is 1. The van der Waals surface area contributed by atoms with Crippen molar-refractivity contribution < 1.29 is 4.79 Å². The predicted octanol–water partition coefficient (Wildman–Crippen LogP) is 4.12. The van der Waals surface area contributed by atoms with Gasteiger partial charge in [-0.15, -0.1) is 0 Å². The van der Waals surface area contributed by atoms with E-state index in [1.807, 2.05) is 38.1 Å². The van der Waals surface area contributed by atoms with Crippen LogP contribution < -0.4 is 16.6 Å². The molecule has 0 saturated carbocycles. The molecule has 1 aromatic carbocycles. The molecular formula is C24H27N3O2. The lowest BCUT2D eigenvalue weighted by molar-refractivity contribution is 0.0950. The van der Waals surface area contributed by atoms with Crippen LogP contribution in [0.25, 0.3) is 5.57 Å². The standard InChI is InChI=1S/C24H27N3O2/c1-6-8-10-18(9-7-2)19-12-20(17(5)22(25)13-19)23(28)26-14-21-15(3)11-16(4)27-24(21)29/h6-13H,1-2,14,25H2,3-5H3,(H,26,28)(H,27,29)/b10-8-,18-9+. The molecule has 0 aliphatic heterocycles. The van der Waals surface area contributed by atoms with Gasteiger partial charge < -0.3 is 16.0 Å². The van der Waals surface area contributed by atoms with E-state index in [0.29, 0.717) is 22.4 Å². The van der Waals surface area contributed by atoms with Gasteiger partial charge in [-0.1, -0.05) is 43.5 Å². The van der Waals surface area contributed by atoms with Crippen molar-refractivity contribution in [1.29, 1.82) is 0 Å². The second kappa shape index (κ2) is 9.55. The van der Waals surface area contributed by atoms with Gasteiger partial charge in [-0.2, -0.15) is 0 Å². The summed E-state index contributed by atoms with van der Waals surface area (Å²) in [5.41, 5.74) is 11.4. The first-order valence-corrected chi connectivity index (χ1v) is 9.28. The highest BCUT2D eigenvalue weighted by Crippen LogP contribution is 2.25. The molecule has 2 rings (SSSR count). The van der Waals surface area contributed by atoms with Crippen LogP contribution in [0.4, 0.5) is 5.69 Å². The molecule has 5 heteroatoms. The van der Waals surface area contributed by atoms with Crippen LogP contribution in [0.15, 0.2) is 66.5 Å². The minimum Gasteiger partial charge on any atom is -0.398 e. The smallest absolute Gasteiger partial charge is 0.253 e. The molecule has 0 atom stereocenters. The third-order valence-corrected chi connectivity index (χ3v) is 4.65. The van der Waals surface area contributed by atoms with Gasteiger partial charge in [0.05, 0.1) is 0 Å². The van der Waals surface area contributed by atoms with Crippen LogP contribution >= 0.6 is 0 Å². The van der Waals surface area contributed by atoms with Crippen LogP contribution in [0.3, 0.4) is 0 Å². The molecule has 0 fully saturated rings. The summed E-state index contributed by atoms with van der Waals surface area (Å²) in [5, 5.41) is 2.84.